The topological polar surface area (TPSA) is 50.4 Å². The van der Waals surface area contributed by atoms with Crippen LogP contribution in [0.4, 0.5) is 17.1 Å². The fourth-order valence-corrected chi connectivity index (χ4v) is 2.53. The zero-order chi connectivity index (χ0) is 19.1. The van der Waals surface area contributed by atoms with Gasteiger partial charge in [0.05, 0.1) is 6.10 Å². The van der Waals surface area contributed by atoms with Crippen molar-refractivity contribution in [3.05, 3.63) is 84.4 Å². The highest BCUT2D eigenvalue weighted by atomic mass is 16.5. The van der Waals surface area contributed by atoms with E-state index in [1.807, 2.05) is 73.7 Å². The molecule has 0 aromatic heterocycles. The first kappa shape index (κ1) is 18.5. The lowest BCUT2D eigenvalue weighted by Crippen LogP contribution is -2.12. The van der Waals surface area contributed by atoms with Gasteiger partial charge < -0.3 is 15.4 Å². The zero-order valence-corrected chi connectivity index (χ0v) is 15.6. The molecule has 0 saturated heterocycles. The second-order valence-electron chi connectivity index (χ2n) is 6.38. The third kappa shape index (κ3) is 5.35. The maximum Gasteiger partial charge on any atom is 0.255 e. The highest BCUT2D eigenvalue weighted by Gasteiger charge is 2.07. The van der Waals surface area contributed by atoms with Gasteiger partial charge in [-0.3, -0.25) is 4.79 Å². The van der Waals surface area contributed by atoms with E-state index < -0.39 is 0 Å². The molecule has 0 saturated carbocycles. The van der Waals surface area contributed by atoms with Gasteiger partial charge in [-0.15, -0.1) is 0 Å². The van der Waals surface area contributed by atoms with Crippen LogP contribution < -0.4 is 15.4 Å². The summed E-state index contributed by atoms with van der Waals surface area (Å²) in [4.78, 5) is 12.4. The lowest BCUT2D eigenvalue weighted by atomic mass is 10.2. The summed E-state index contributed by atoms with van der Waals surface area (Å²) < 4.78 is 5.74. The molecular formula is C23H24N2O2. The Balaban J connectivity index is 1.59. The van der Waals surface area contributed by atoms with E-state index >= 15 is 0 Å². The molecule has 0 aliphatic rings. The lowest BCUT2D eigenvalue weighted by Gasteiger charge is -2.13. The van der Waals surface area contributed by atoms with Crippen molar-refractivity contribution in [2.24, 2.45) is 0 Å². The predicted molar refractivity (Wildman–Crippen MR) is 111 cm³/mol. The number of anilines is 3. The summed E-state index contributed by atoms with van der Waals surface area (Å²) >= 11 is 0. The van der Waals surface area contributed by atoms with Gasteiger partial charge in [0.2, 0.25) is 0 Å². The molecule has 3 aromatic carbocycles. The maximum absolute atomic E-state index is 12.4. The standard InChI is InChI=1S/C23H24N2O2/c1-3-17(2)27-22-15-9-18(10-16-22)23(26)25-21-13-11-20(12-14-21)24-19-7-5-4-6-8-19/h4-17,24H,3H2,1-2H3,(H,25,26). The Morgan fingerprint density at radius 2 is 1.44 bits per heavy atom. The number of amides is 1. The van der Waals surface area contributed by atoms with Crippen molar-refractivity contribution >= 4 is 23.0 Å². The Hall–Kier alpha value is -3.27. The van der Waals surface area contributed by atoms with Gasteiger partial charge in [-0.25, -0.2) is 0 Å². The number of para-hydroxylation sites is 1. The van der Waals surface area contributed by atoms with E-state index in [-0.39, 0.29) is 12.0 Å². The molecule has 0 fully saturated rings. The fourth-order valence-electron chi connectivity index (χ4n) is 2.53. The molecule has 2 N–H and O–H groups in total. The molecule has 0 heterocycles. The average Bonchev–Trinajstić information content (AvgIpc) is 2.70. The van der Waals surface area contributed by atoms with Gasteiger partial charge in [-0.2, -0.15) is 0 Å². The third-order valence-corrected chi connectivity index (χ3v) is 4.23. The SMILES string of the molecule is CCC(C)Oc1ccc(C(=O)Nc2ccc(Nc3ccccc3)cc2)cc1. The molecule has 0 bridgehead atoms. The van der Waals surface area contributed by atoms with Gasteiger partial charge in [-0.05, 0) is 74.0 Å². The quantitative estimate of drug-likeness (QED) is 0.555. The van der Waals surface area contributed by atoms with Gasteiger partial charge in [0.25, 0.3) is 5.91 Å². The fraction of sp³-hybridized carbons (Fsp3) is 0.174. The van der Waals surface area contributed by atoms with Crippen LogP contribution in [0.15, 0.2) is 78.9 Å². The van der Waals surface area contributed by atoms with Crippen LogP contribution in [0, 0.1) is 0 Å². The Labute approximate surface area is 160 Å². The molecule has 1 amide bonds. The predicted octanol–water partition coefficient (Wildman–Crippen LogP) is 5.86. The second-order valence-corrected chi connectivity index (χ2v) is 6.38. The van der Waals surface area contributed by atoms with Crippen LogP contribution in [-0.2, 0) is 0 Å². The van der Waals surface area contributed by atoms with Crippen molar-refractivity contribution in [2.45, 2.75) is 26.4 Å². The number of carbonyl (C=O) groups is 1. The van der Waals surface area contributed by atoms with Gasteiger partial charge in [-0.1, -0.05) is 25.1 Å². The number of rotatable bonds is 7. The summed E-state index contributed by atoms with van der Waals surface area (Å²) in [6.45, 7) is 4.10. The number of ether oxygens (including phenoxy) is 1. The van der Waals surface area contributed by atoms with Crippen LogP contribution in [0.5, 0.6) is 5.75 Å². The molecule has 0 spiro atoms. The molecule has 0 aliphatic heterocycles. The van der Waals surface area contributed by atoms with Crippen molar-refractivity contribution < 1.29 is 9.53 Å². The van der Waals surface area contributed by atoms with E-state index in [4.69, 9.17) is 4.74 Å². The average molecular weight is 360 g/mol. The first-order chi connectivity index (χ1) is 13.1. The van der Waals surface area contributed by atoms with E-state index in [0.29, 0.717) is 5.56 Å². The van der Waals surface area contributed by atoms with Crippen molar-refractivity contribution in [1.29, 1.82) is 0 Å². The van der Waals surface area contributed by atoms with Gasteiger partial charge >= 0.3 is 0 Å². The van der Waals surface area contributed by atoms with Gasteiger partial charge in [0, 0.05) is 22.6 Å². The summed E-state index contributed by atoms with van der Waals surface area (Å²) in [7, 11) is 0. The van der Waals surface area contributed by atoms with Crippen LogP contribution in [-0.4, -0.2) is 12.0 Å². The Morgan fingerprint density at radius 3 is 2.07 bits per heavy atom. The molecule has 1 unspecified atom stereocenters. The molecule has 27 heavy (non-hydrogen) atoms. The Morgan fingerprint density at radius 1 is 0.852 bits per heavy atom. The van der Waals surface area contributed by atoms with Crippen LogP contribution in [0.2, 0.25) is 0 Å². The first-order valence-electron chi connectivity index (χ1n) is 9.14. The van der Waals surface area contributed by atoms with E-state index in [1.165, 1.54) is 0 Å². The normalized spacial score (nSPS) is 11.5. The molecule has 1 atom stereocenters. The molecule has 4 nitrogen and oxygen atoms in total. The minimum atomic E-state index is -0.145. The molecule has 3 aromatic rings. The van der Waals surface area contributed by atoms with E-state index in [0.717, 1.165) is 29.2 Å². The third-order valence-electron chi connectivity index (χ3n) is 4.23. The van der Waals surface area contributed by atoms with Crippen LogP contribution in [0.25, 0.3) is 0 Å². The largest absolute Gasteiger partial charge is 0.491 e. The second kappa shape index (κ2) is 8.90. The minimum Gasteiger partial charge on any atom is -0.491 e. The summed E-state index contributed by atoms with van der Waals surface area (Å²) in [6.07, 6.45) is 1.10. The van der Waals surface area contributed by atoms with E-state index in [9.17, 15) is 4.79 Å². The smallest absolute Gasteiger partial charge is 0.255 e. The van der Waals surface area contributed by atoms with Crippen molar-refractivity contribution in [2.75, 3.05) is 10.6 Å². The summed E-state index contributed by atoms with van der Waals surface area (Å²) in [6, 6.07) is 24.8. The summed E-state index contributed by atoms with van der Waals surface area (Å²) in [5.41, 5.74) is 3.33. The van der Waals surface area contributed by atoms with Crippen molar-refractivity contribution in [3.8, 4) is 5.75 Å². The number of benzene rings is 3. The summed E-state index contributed by atoms with van der Waals surface area (Å²) in [5, 5.41) is 6.23. The summed E-state index contributed by atoms with van der Waals surface area (Å²) in [5.74, 6) is 0.631. The molecule has 0 radical (unpaired) electrons. The maximum atomic E-state index is 12.4. The molecule has 0 aliphatic carbocycles. The number of carbonyl (C=O) groups excluding carboxylic acids is 1. The zero-order valence-electron chi connectivity index (χ0n) is 15.6. The lowest BCUT2D eigenvalue weighted by molar-refractivity contribution is 0.102. The van der Waals surface area contributed by atoms with E-state index in [1.54, 1.807) is 12.1 Å². The van der Waals surface area contributed by atoms with Crippen LogP contribution >= 0.6 is 0 Å². The van der Waals surface area contributed by atoms with Crippen molar-refractivity contribution in [1.82, 2.24) is 0 Å². The highest BCUT2D eigenvalue weighted by molar-refractivity contribution is 6.04. The molecule has 4 heteroatoms. The first-order valence-corrected chi connectivity index (χ1v) is 9.14. The number of hydrogen-bond donors (Lipinski definition) is 2. The highest BCUT2D eigenvalue weighted by Crippen LogP contribution is 2.20. The van der Waals surface area contributed by atoms with Gasteiger partial charge in [0.1, 0.15) is 5.75 Å². The molecular weight excluding hydrogens is 336 g/mol. The molecule has 138 valence electrons. The van der Waals surface area contributed by atoms with E-state index in [2.05, 4.69) is 17.6 Å². The minimum absolute atomic E-state index is 0.145. The van der Waals surface area contributed by atoms with Crippen LogP contribution in [0.1, 0.15) is 30.6 Å². The number of hydrogen-bond acceptors (Lipinski definition) is 3. The Bertz CT molecular complexity index is 859. The van der Waals surface area contributed by atoms with Crippen molar-refractivity contribution in [3.63, 3.8) is 0 Å². The Kier molecular flexibility index (Phi) is 6.10. The van der Waals surface area contributed by atoms with Gasteiger partial charge in [0.15, 0.2) is 0 Å². The number of nitrogens with one attached hydrogen (secondary N) is 2. The molecule has 3 rings (SSSR count). The van der Waals surface area contributed by atoms with Crippen LogP contribution in [0.3, 0.4) is 0 Å². The monoisotopic (exact) mass is 360 g/mol.